The molecule has 0 saturated carbocycles. The molecule has 0 saturated heterocycles. The fourth-order valence-corrected chi connectivity index (χ4v) is 2.96. The monoisotopic (exact) mass is 336 g/mol. The second-order valence-corrected chi connectivity index (χ2v) is 5.67. The number of hydrogen-bond donors (Lipinski definition) is 0. The number of fused-ring (bicyclic) bond motifs is 1. The minimum atomic E-state index is -0.106. The van der Waals surface area contributed by atoms with Crippen molar-refractivity contribution in [3.63, 3.8) is 0 Å². The van der Waals surface area contributed by atoms with Crippen molar-refractivity contribution in [2.75, 3.05) is 6.61 Å². The van der Waals surface area contributed by atoms with Gasteiger partial charge in [-0.25, -0.2) is 0 Å². The van der Waals surface area contributed by atoms with Crippen LogP contribution in [0.25, 0.3) is 0 Å². The predicted octanol–water partition coefficient (Wildman–Crippen LogP) is 4.27. The lowest BCUT2D eigenvalue weighted by molar-refractivity contribution is 0.103. The molecule has 0 atom stereocenters. The third-order valence-corrected chi connectivity index (χ3v) is 3.90. The molecule has 1 heterocycles. The first-order chi connectivity index (χ1) is 9.16. The largest absolute Gasteiger partial charge is 0.492 e. The van der Waals surface area contributed by atoms with Crippen LogP contribution in [0, 0.1) is 0 Å². The predicted molar refractivity (Wildman–Crippen MR) is 78.2 cm³/mol. The van der Waals surface area contributed by atoms with Crippen LogP contribution in [-0.2, 0) is 6.42 Å². The number of benzene rings is 2. The number of ether oxygens (including phenoxy) is 1. The minimum absolute atomic E-state index is 0.106. The highest BCUT2D eigenvalue weighted by atomic mass is 79.9. The number of carbonyl (C=O) groups excluding carboxylic acids is 1. The van der Waals surface area contributed by atoms with Gasteiger partial charge in [-0.2, -0.15) is 0 Å². The quantitative estimate of drug-likeness (QED) is 0.765. The normalized spacial score (nSPS) is 12.9. The van der Waals surface area contributed by atoms with Crippen LogP contribution >= 0.6 is 27.5 Å². The van der Waals surface area contributed by atoms with Crippen LogP contribution in [0.3, 0.4) is 0 Å². The first-order valence-electron chi connectivity index (χ1n) is 5.91. The highest BCUT2D eigenvalue weighted by Crippen LogP contribution is 2.35. The lowest BCUT2D eigenvalue weighted by Gasteiger charge is -2.09. The SMILES string of the molecule is O=C(c1ccccc1Cl)c1cc(Br)cc2c1OCC2. The first-order valence-corrected chi connectivity index (χ1v) is 7.08. The third kappa shape index (κ3) is 2.28. The maximum absolute atomic E-state index is 12.6. The van der Waals surface area contributed by atoms with Gasteiger partial charge >= 0.3 is 0 Å². The molecule has 4 heteroatoms. The van der Waals surface area contributed by atoms with Crippen LogP contribution < -0.4 is 4.74 Å². The molecule has 2 nitrogen and oxygen atoms in total. The summed E-state index contributed by atoms with van der Waals surface area (Å²) < 4.78 is 6.46. The van der Waals surface area contributed by atoms with E-state index in [0.29, 0.717) is 28.5 Å². The highest BCUT2D eigenvalue weighted by Gasteiger charge is 2.23. The molecule has 3 rings (SSSR count). The summed E-state index contributed by atoms with van der Waals surface area (Å²) in [7, 11) is 0. The molecule has 1 aliphatic heterocycles. The average molecular weight is 338 g/mol. The summed E-state index contributed by atoms with van der Waals surface area (Å²) in [6.07, 6.45) is 0.831. The van der Waals surface area contributed by atoms with Crippen LogP contribution in [-0.4, -0.2) is 12.4 Å². The van der Waals surface area contributed by atoms with E-state index in [-0.39, 0.29) is 5.78 Å². The molecule has 0 aromatic heterocycles. The molecule has 0 spiro atoms. The standard InChI is InChI=1S/C15H10BrClO2/c16-10-7-9-5-6-19-15(9)12(8-10)14(18)11-3-1-2-4-13(11)17/h1-4,7-8H,5-6H2. The van der Waals surface area contributed by atoms with Crippen LogP contribution in [0.5, 0.6) is 5.75 Å². The average Bonchev–Trinajstić information content (AvgIpc) is 2.85. The van der Waals surface area contributed by atoms with E-state index >= 15 is 0 Å². The maximum Gasteiger partial charge on any atom is 0.198 e. The molecule has 0 unspecified atom stereocenters. The number of carbonyl (C=O) groups is 1. The fourth-order valence-electron chi connectivity index (χ4n) is 2.23. The molecule has 1 aliphatic rings. The van der Waals surface area contributed by atoms with Gasteiger partial charge in [-0.1, -0.05) is 39.7 Å². The summed E-state index contributed by atoms with van der Waals surface area (Å²) in [4.78, 5) is 12.6. The van der Waals surface area contributed by atoms with Crippen molar-refractivity contribution >= 4 is 33.3 Å². The van der Waals surface area contributed by atoms with E-state index in [2.05, 4.69) is 15.9 Å². The summed E-state index contributed by atoms with van der Waals surface area (Å²) in [6, 6.07) is 10.8. The molecular weight excluding hydrogens is 328 g/mol. The van der Waals surface area contributed by atoms with Gasteiger partial charge in [0.15, 0.2) is 5.78 Å². The Bertz CT molecular complexity index is 667. The van der Waals surface area contributed by atoms with Gasteiger partial charge in [0.25, 0.3) is 0 Å². The Hall–Kier alpha value is -1.32. The van der Waals surface area contributed by atoms with E-state index in [1.807, 2.05) is 6.07 Å². The zero-order valence-electron chi connectivity index (χ0n) is 9.95. The van der Waals surface area contributed by atoms with Crippen molar-refractivity contribution in [1.82, 2.24) is 0 Å². The van der Waals surface area contributed by atoms with Crippen LogP contribution in [0.1, 0.15) is 21.5 Å². The molecule has 0 aliphatic carbocycles. The Labute approximate surface area is 124 Å². The van der Waals surface area contributed by atoms with Crippen LogP contribution in [0.4, 0.5) is 0 Å². The van der Waals surface area contributed by atoms with E-state index in [0.717, 1.165) is 16.5 Å². The van der Waals surface area contributed by atoms with Crippen molar-refractivity contribution in [2.24, 2.45) is 0 Å². The molecule has 0 N–H and O–H groups in total. The maximum atomic E-state index is 12.6. The number of hydrogen-bond acceptors (Lipinski definition) is 2. The molecule has 96 valence electrons. The Balaban J connectivity index is 2.13. The third-order valence-electron chi connectivity index (χ3n) is 3.11. The van der Waals surface area contributed by atoms with Gasteiger partial charge in [-0.3, -0.25) is 4.79 Å². The molecule has 2 aromatic rings. The summed E-state index contributed by atoms with van der Waals surface area (Å²) in [5.41, 5.74) is 2.12. The van der Waals surface area contributed by atoms with Crippen molar-refractivity contribution in [1.29, 1.82) is 0 Å². The second kappa shape index (κ2) is 4.99. The van der Waals surface area contributed by atoms with E-state index in [4.69, 9.17) is 16.3 Å². The minimum Gasteiger partial charge on any atom is -0.492 e. The molecule has 2 aromatic carbocycles. The Kier molecular flexibility index (Phi) is 3.33. The van der Waals surface area contributed by atoms with Crippen molar-refractivity contribution in [2.45, 2.75) is 6.42 Å². The number of halogens is 2. The smallest absolute Gasteiger partial charge is 0.198 e. The zero-order valence-corrected chi connectivity index (χ0v) is 12.3. The zero-order chi connectivity index (χ0) is 13.4. The Morgan fingerprint density at radius 1 is 1.21 bits per heavy atom. The van der Waals surface area contributed by atoms with Gasteiger partial charge < -0.3 is 4.74 Å². The summed E-state index contributed by atoms with van der Waals surface area (Å²) >= 11 is 9.52. The van der Waals surface area contributed by atoms with Crippen molar-refractivity contribution in [3.8, 4) is 5.75 Å². The number of rotatable bonds is 2. The highest BCUT2D eigenvalue weighted by molar-refractivity contribution is 9.10. The second-order valence-electron chi connectivity index (χ2n) is 4.35. The van der Waals surface area contributed by atoms with E-state index in [1.165, 1.54) is 0 Å². The fraction of sp³-hybridized carbons (Fsp3) is 0.133. The van der Waals surface area contributed by atoms with Gasteiger partial charge in [0.1, 0.15) is 5.75 Å². The molecule has 0 fully saturated rings. The van der Waals surface area contributed by atoms with Gasteiger partial charge in [0, 0.05) is 16.5 Å². The Morgan fingerprint density at radius 2 is 2.00 bits per heavy atom. The number of ketones is 1. The lowest BCUT2D eigenvalue weighted by atomic mass is 10.00. The molecule has 0 radical (unpaired) electrons. The Morgan fingerprint density at radius 3 is 2.79 bits per heavy atom. The van der Waals surface area contributed by atoms with E-state index in [9.17, 15) is 4.79 Å². The first kappa shape index (κ1) is 12.7. The van der Waals surface area contributed by atoms with Crippen molar-refractivity contribution in [3.05, 3.63) is 62.6 Å². The van der Waals surface area contributed by atoms with Crippen LogP contribution in [0.2, 0.25) is 5.02 Å². The van der Waals surface area contributed by atoms with Gasteiger partial charge in [0.2, 0.25) is 0 Å². The van der Waals surface area contributed by atoms with Gasteiger partial charge in [-0.05, 0) is 29.8 Å². The van der Waals surface area contributed by atoms with Crippen LogP contribution in [0.15, 0.2) is 40.9 Å². The van der Waals surface area contributed by atoms with Crippen molar-refractivity contribution < 1.29 is 9.53 Å². The summed E-state index contributed by atoms with van der Waals surface area (Å²) in [5, 5.41) is 0.458. The van der Waals surface area contributed by atoms with E-state index in [1.54, 1.807) is 30.3 Å². The molecule has 0 amide bonds. The topological polar surface area (TPSA) is 26.3 Å². The van der Waals surface area contributed by atoms with Gasteiger partial charge in [-0.15, -0.1) is 0 Å². The van der Waals surface area contributed by atoms with E-state index < -0.39 is 0 Å². The van der Waals surface area contributed by atoms with Gasteiger partial charge in [0.05, 0.1) is 17.2 Å². The molecular formula is C15H10BrClO2. The molecule has 19 heavy (non-hydrogen) atoms. The summed E-state index contributed by atoms with van der Waals surface area (Å²) in [6.45, 7) is 0.620. The lowest BCUT2D eigenvalue weighted by Crippen LogP contribution is -2.04. The molecule has 0 bridgehead atoms. The summed E-state index contributed by atoms with van der Waals surface area (Å²) in [5.74, 6) is 0.582.